The number of hydrogen-bond donors (Lipinski definition) is 2. The number of hydrogen-bond acceptors (Lipinski definition) is 3. The Labute approximate surface area is 179 Å². The third kappa shape index (κ3) is 6.64. The molecule has 0 bridgehead atoms. The Balaban J connectivity index is 0.00000261. The zero-order valence-corrected chi connectivity index (χ0v) is 18.7. The molecule has 1 heterocycles. The first-order chi connectivity index (χ1) is 12.7. The number of halogens is 1. The largest absolute Gasteiger partial charge is 0.352 e. The molecule has 0 aromatic heterocycles. The van der Waals surface area contributed by atoms with Gasteiger partial charge in [-0.3, -0.25) is 14.7 Å². The molecule has 2 N–H and O–H groups in total. The van der Waals surface area contributed by atoms with E-state index in [1.807, 2.05) is 7.05 Å². The molecular formula is C20H32IN5O. The number of rotatable bonds is 6. The Morgan fingerprint density at radius 1 is 1.15 bits per heavy atom. The SMILES string of the molecule is CCc1ccccc1CNC(=NC)N1CCN(CC(=O)NC2CC2)CC1.I. The van der Waals surface area contributed by atoms with Crippen LogP contribution in [-0.2, 0) is 17.8 Å². The number of benzene rings is 1. The fraction of sp³-hybridized carbons (Fsp3) is 0.600. The maximum atomic E-state index is 12.0. The molecule has 0 atom stereocenters. The van der Waals surface area contributed by atoms with Crippen molar-refractivity contribution in [2.24, 2.45) is 4.99 Å². The summed E-state index contributed by atoms with van der Waals surface area (Å²) in [5.41, 5.74) is 2.70. The lowest BCUT2D eigenvalue weighted by molar-refractivity contribution is -0.122. The number of amides is 1. The van der Waals surface area contributed by atoms with E-state index in [9.17, 15) is 4.79 Å². The summed E-state index contributed by atoms with van der Waals surface area (Å²) < 4.78 is 0. The average Bonchev–Trinajstić information content (AvgIpc) is 3.47. The van der Waals surface area contributed by atoms with Gasteiger partial charge in [-0.05, 0) is 30.4 Å². The van der Waals surface area contributed by atoms with E-state index in [0.29, 0.717) is 12.6 Å². The third-order valence-electron chi connectivity index (χ3n) is 5.13. The van der Waals surface area contributed by atoms with Crippen molar-refractivity contribution in [3.63, 3.8) is 0 Å². The maximum Gasteiger partial charge on any atom is 0.234 e. The molecule has 1 saturated carbocycles. The van der Waals surface area contributed by atoms with Gasteiger partial charge in [-0.25, -0.2) is 0 Å². The Bertz CT molecular complexity index is 639. The monoisotopic (exact) mass is 485 g/mol. The second kappa shape index (κ2) is 10.8. The van der Waals surface area contributed by atoms with E-state index in [4.69, 9.17) is 0 Å². The van der Waals surface area contributed by atoms with Crippen molar-refractivity contribution in [2.45, 2.75) is 38.8 Å². The highest BCUT2D eigenvalue weighted by molar-refractivity contribution is 14.0. The molecule has 2 aliphatic rings. The minimum atomic E-state index is 0. The normalized spacial score (nSPS) is 18.0. The minimum Gasteiger partial charge on any atom is -0.352 e. The van der Waals surface area contributed by atoms with Gasteiger partial charge in [0.1, 0.15) is 0 Å². The predicted molar refractivity (Wildman–Crippen MR) is 121 cm³/mol. The van der Waals surface area contributed by atoms with E-state index in [2.05, 4.69) is 56.6 Å². The molecule has 0 unspecified atom stereocenters. The molecule has 2 fully saturated rings. The topological polar surface area (TPSA) is 60.0 Å². The summed E-state index contributed by atoms with van der Waals surface area (Å²) in [7, 11) is 1.84. The molecule has 1 amide bonds. The van der Waals surface area contributed by atoms with E-state index < -0.39 is 0 Å². The van der Waals surface area contributed by atoms with Crippen LogP contribution in [0.3, 0.4) is 0 Å². The van der Waals surface area contributed by atoms with Gasteiger partial charge in [-0.2, -0.15) is 0 Å². The van der Waals surface area contributed by atoms with Crippen molar-refractivity contribution in [1.82, 2.24) is 20.4 Å². The Hall–Kier alpha value is -1.35. The maximum absolute atomic E-state index is 12.0. The second-order valence-electron chi connectivity index (χ2n) is 7.13. The van der Waals surface area contributed by atoms with E-state index in [0.717, 1.165) is 57.9 Å². The van der Waals surface area contributed by atoms with Crippen molar-refractivity contribution in [2.75, 3.05) is 39.8 Å². The number of carbonyl (C=O) groups excluding carboxylic acids is 1. The molecule has 1 aliphatic carbocycles. The summed E-state index contributed by atoms with van der Waals surface area (Å²) in [6.45, 7) is 7.07. The lowest BCUT2D eigenvalue weighted by atomic mass is 10.1. The van der Waals surface area contributed by atoms with Gasteiger partial charge in [0.15, 0.2) is 5.96 Å². The molecule has 7 heteroatoms. The van der Waals surface area contributed by atoms with Crippen LogP contribution in [-0.4, -0.2) is 67.5 Å². The van der Waals surface area contributed by atoms with Crippen molar-refractivity contribution < 1.29 is 4.79 Å². The molecule has 1 aromatic carbocycles. The molecule has 3 rings (SSSR count). The summed E-state index contributed by atoms with van der Waals surface area (Å²) in [6.07, 6.45) is 3.32. The standard InChI is InChI=1S/C20H31N5O.HI/c1-3-16-6-4-5-7-17(16)14-22-20(21-2)25-12-10-24(11-13-25)15-19(26)23-18-8-9-18;/h4-7,18H,3,8-15H2,1-2H3,(H,21,22)(H,23,26);1H. The lowest BCUT2D eigenvalue weighted by Crippen LogP contribution is -2.54. The van der Waals surface area contributed by atoms with Gasteiger partial charge in [0, 0.05) is 45.8 Å². The first-order valence-electron chi connectivity index (χ1n) is 9.73. The number of guanidine groups is 1. The first kappa shape index (κ1) is 21.9. The van der Waals surface area contributed by atoms with Gasteiger partial charge >= 0.3 is 0 Å². The smallest absolute Gasteiger partial charge is 0.234 e. The molecule has 6 nitrogen and oxygen atoms in total. The molecule has 27 heavy (non-hydrogen) atoms. The van der Waals surface area contributed by atoms with Gasteiger partial charge in [-0.1, -0.05) is 31.2 Å². The molecule has 1 aliphatic heterocycles. The van der Waals surface area contributed by atoms with Crippen LogP contribution in [0.2, 0.25) is 0 Å². The van der Waals surface area contributed by atoms with Gasteiger partial charge < -0.3 is 15.5 Å². The molecule has 0 spiro atoms. The molecule has 1 saturated heterocycles. The first-order valence-corrected chi connectivity index (χ1v) is 9.73. The van der Waals surface area contributed by atoms with E-state index in [-0.39, 0.29) is 29.9 Å². The molecule has 1 aromatic rings. The van der Waals surface area contributed by atoms with Crippen LogP contribution in [0.25, 0.3) is 0 Å². The molecule has 0 radical (unpaired) electrons. The zero-order valence-electron chi connectivity index (χ0n) is 16.4. The van der Waals surface area contributed by atoms with Crippen LogP contribution >= 0.6 is 24.0 Å². The zero-order chi connectivity index (χ0) is 18.4. The van der Waals surface area contributed by atoms with E-state index in [1.165, 1.54) is 11.1 Å². The highest BCUT2D eigenvalue weighted by Crippen LogP contribution is 2.18. The Morgan fingerprint density at radius 3 is 2.41 bits per heavy atom. The number of carbonyl (C=O) groups is 1. The minimum absolute atomic E-state index is 0. The Morgan fingerprint density at radius 2 is 1.81 bits per heavy atom. The highest BCUT2D eigenvalue weighted by atomic mass is 127. The van der Waals surface area contributed by atoms with Crippen molar-refractivity contribution in [1.29, 1.82) is 0 Å². The number of aliphatic imine (C=N–C) groups is 1. The third-order valence-corrected chi connectivity index (χ3v) is 5.13. The quantitative estimate of drug-likeness (QED) is 0.367. The van der Waals surface area contributed by atoms with Crippen LogP contribution < -0.4 is 10.6 Å². The van der Waals surface area contributed by atoms with Crippen LogP contribution in [0.5, 0.6) is 0 Å². The Kier molecular flexibility index (Phi) is 8.82. The van der Waals surface area contributed by atoms with Crippen LogP contribution in [0.1, 0.15) is 30.9 Å². The van der Waals surface area contributed by atoms with Gasteiger partial charge in [0.25, 0.3) is 0 Å². The van der Waals surface area contributed by atoms with Crippen LogP contribution in [0, 0.1) is 0 Å². The van der Waals surface area contributed by atoms with E-state index >= 15 is 0 Å². The van der Waals surface area contributed by atoms with Crippen molar-refractivity contribution in [3.8, 4) is 0 Å². The summed E-state index contributed by atoms with van der Waals surface area (Å²) in [4.78, 5) is 20.9. The summed E-state index contributed by atoms with van der Waals surface area (Å²) in [5, 5.41) is 6.56. The van der Waals surface area contributed by atoms with Crippen LogP contribution in [0.4, 0.5) is 0 Å². The van der Waals surface area contributed by atoms with Crippen LogP contribution in [0.15, 0.2) is 29.3 Å². The lowest BCUT2D eigenvalue weighted by Gasteiger charge is -2.36. The average molecular weight is 485 g/mol. The fourth-order valence-corrected chi connectivity index (χ4v) is 3.40. The number of aryl methyl sites for hydroxylation is 1. The number of nitrogens with zero attached hydrogens (tertiary/aromatic N) is 3. The summed E-state index contributed by atoms with van der Waals surface area (Å²) in [5.74, 6) is 1.11. The number of nitrogens with one attached hydrogen (secondary N) is 2. The van der Waals surface area contributed by atoms with Gasteiger partial charge in [0.05, 0.1) is 6.54 Å². The molecular weight excluding hydrogens is 453 g/mol. The highest BCUT2D eigenvalue weighted by Gasteiger charge is 2.25. The van der Waals surface area contributed by atoms with Crippen molar-refractivity contribution in [3.05, 3.63) is 35.4 Å². The van der Waals surface area contributed by atoms with Gasteiger partial charge in [-0.15, -0.1) is 24.0 Å². The second-order valence-corrected chi connectivity index (χ2v) is 7.13. The predicted octanol–water partition coefficient (Wildman–Crippen LogP) is 1.84. The number of piperazine rings is 1. The van der Waals surface area contributed by atoms with Crippen molar-refractivity contribution >= 4 is 35.8 Å². The summed E-state index contributed by atoms with van der Waals surface area (Å²) in [6, 6.07) is 8.98. The van der Waals surface area contributed by atoms with Gasteiger partial charge in [0.2, 0.25) is 5.91 Å². The fourth-order valence-electron chi connectivity index (χ4n) is 3.40. The van der Waals surface area contributed by atoms with E-state index in [1.54, 1.807) is 0 Å². The molecule has 150 valence electrons. The summed E-state index contributed by atoms with van der Waals surface area (Å²) >= 11 is 0.